The SMILES string of the molecule is Cc1cc(C)c2cc(/C=C/c3ccc(-c4ccc(/C=C/c5ccc6nc(C(=O)O)cc(C)c6c5)cc4)cc3)ccc2n1. The predicted molar refractivity (Wildman–Crippen MR) is 174 cm³/mol. The fraction of sp³-hybridized carbons (Fsp3) is 0.0789. The molecule has 0 spiro atoms. The minimum Gasteiger partial charge on any atom is -0.477 e. The molecule has 6 aromatic rings. The fourth-order valence-corrected chi connectivity index (χ4v) is 5.27. The summed E-state index contributed by atoms with van der Waals surface area (Å²) in [6.07, 6.45) is 8.44. The van der Waals surface area contributed by atoms with Crippen LogP contribution in [0.3, 0.4) is 0 Å². The molecule has 0 atom stereocenters. The van der Waals surface area contributed by atoms with E-state index in [0.29, 0.717) is 5.52 Å². The lowest BCUT2D eigenvalue weighted by molar-refractivity contribution is 0.0691. The second-order valence-corrected chi connectivity index (χ2v) is 10.7. The average Bonchev–Trinajstić information content (AvgIpc) is 2.99. The van der Waals surface area contributed by atoms with Gasteiger partial charge in [-0.1, -0.05) is 85.0 Å². The third-order valence-electron chi connectivity index (χ3n) is 7.52. The van der Waals surface area contributed by atoms with Crippen LogP contribution < -0.4 is 0 Å². The van der Waals surface area contributed by atoms with Gasteiger partial charge in [0.25, 0.3) is 0 Å². The molecule has 4 aromatic carbocycles. The van der Waals surface area contributed by atoms with Gasteiger partial charge in [0, 0.05) is 16.5 Å². The normalized spacial score (nSPS) is 11.7. The van der Waals surface area contributed by atoms with Gasteiger partial charge in [-0.05, 0) is 102 Å². The Morgan fingerprint density at radius 2 is 0.976 bits per heavy atom. The number of hydrogen-bond donors (Lipinski definition) is 1. The number of hydrogen-bond acceptors (Lipinski definition) is 3. The van der Waals surface area contributed by atoms with Crippen LogP contribution in [0, 0.1) is 20.8 Å². The van der Waals surface area contributed by atoms with Crippen LogP contribution >= 0.6 is 0 Å². The average molecular weight is 547 g/mol. The maximum Gasteiger partial charge on any atom is 0.354 e. The van der Waals surface area contributed by atoms with Gasteiger partial charge in [0.05, 0.1) is 11.0 Å². The number of carboxylic acid groups (broad SMARTS) is 1. The van der Waals surface area contributed by atoms with Crippen molar-refractivity contribution in [3.05, 3.63) is 142 Å². The van der Waals surface area contributed by atoms with Crippen LogP contribution in [-0.2, 0) is 0 Å². The standard InChI is InChI=1S/C38H30N2O2/c1-24-20-26(3)39-35-18-12-29(22-33(24)35)6-4-27-8-14-31(15-9-27)32-16-10-28(11-17-32)5-7-30-13-19-36-34(23-30)25(2)21-37(40-36)38(41)42/h4-23H,1-3H3,(H,41,42)/b6-4+,7-5+. The molecule has 0 aliphatic heterocycles. The Morgan fingerprint density at radius 1 is 0.548 bits per heavy atom. The van der Waals surface area contributed by atoms with E-state index in [1.807, 2.05) is 32.0 Å². The second-order valence-electron chi connectivity index (χ2n) is 10.7. The van der Waals surface area contributed by atoms with E-state index in [-0.39, 0.29) is 5.69 Å². The zero-order valence-corrected chi connectivity index (χ0v) is 23.8. The van der Waals surface area contributed by atoms with Crippen LogP contribution in [0.5, 0.6) is 0 Å². The molecule has 204 valence electrons. The zero-order chi connectivity index (χ0) is 29.2. The van der Waals surface area contributed by atoms with E-state index in [4.69, 9.17) is 0 Å². The Morgan fingerprint density at radius 3 is 1.48 bits per heavy atom. The molecule has 4 nitrogen and oxygen atoms in total. The van der Waals surface area contributed by atoms with Crippen molar-refractivity contribution in [3.63, 3.8) is 0 Å². The maximum atomic E-state index is 11.3. The van der Waals surface area contributed by atoms with Crippen molar-refractivity contribution in [2.45, 2.75) is 20.8 Å². The molecule has 0 radical (unpaired) electrons. The first-order valence-corrected chi connectivity index (χ1v) is 13.9. The Kier molecular flexibility index (Phi) is 7.20. The number of carboxylic acids is 1. The number of benzene rings is 4. The number of aryl methyl sites for hydroxylation is 3. The summed E-state index contributed by atoms with van der Waals surface area (Å²) < 4.78 is 0. The van der Waals surface area contributed by atoms with E-state index in [2.05, 4.69) is 114 Å². The highest BCUT2D eigenvalue weighted by molar-refractivity contribution is 5.92. The molecule has 0 aliphatic rings. The monoisotopic (exact) mass is 546 g/mol. The third kappa shape index (κ3) is 5.74. The fourth-order valence-electron chi connectivity index (χ4n) is 5.27. The topological polar surface area (TPSA) is 63.1 Å². The molecule has 2 aromatic heterocycles. The number of aromatic carboxylic acids is 1. The third-order valence-corrected chi connectivity index (χ3v) is 7.52. The minimum absolute atomic E-state index is 0.0681. The van der Waals surface area contributed by atoms with Crippen LogP contribution in [0.15, 0.2) is 97.1 Å². The van der Waals surface area contributed by atoms with Gasteiger partial charge in [-0.25, -0.2) is 9.78 Å². The molecule has 0 saturated heterocycles. The summed E-state index contributed by atoms with van der Waals surface area (Å²) in [6.45, 7) is 6.08. The molecule has 6 rings (SSSR count). The zero-order valence-electron chi connectivity index (χ0n) is 23.8. The van der Waals surface area contributed by atoms with Gasteiger partial charge < -0.3 is 5.11 Å². The lowest BCUT2D eigenvalue weighted by atomic mass is 10.0. The molecule has 0 fully saturated rings. The van der Waals surface area contributed by atoms with Crippen molar-refractivity contribution in [1.29, 1.82) is 0 Å². The van der Waals surface area contributed by atoms with Crippen molar-refractivity contribution >= 4 is 52.1 Å². The van der Waals surface area contributed by atoms with Crippen LogP contribution in [0.4, 0.5) is 0 Å². The molecular formula is C38H30N2O2. The lowest BCUT2D eigenvalue weighted by Crippen LogP contribution is -2.01. The Hall–Kier alpha value is -5.35. The molecule has 2 heterocycles. The van der Waals surface area contributed by atoms with E-state index in [9.17, 15) is 9.90 Å². The summed E-state index contributed by atoms with van der Waals surface area (Å²) >= 11 is 0. The molecule has 0 bridgehead atoms. The summed E-state index contributed by atoms with van der Waals surface area (Å²) in [5.41, 5.74) is 11.8. The number of aromatic nitrogens is 2. The van der Waals surface area contributed by atoms with E-state index in [1.165, 1.54) is 16.5 Å². The molecule has 0 saturated carbocycles. The van der Waals surface area contributed by atoms with E-state index < -0.39 is 5.97 Å². The highest BCUT2D eigenvalue weighted by Gasteiger charge is 2.09. The second kappa shape index (κ2) is 11.3. The number of fused-ring (bicyclic) bond motifs is 2. The van der Waals surface area contributed by atoms with Gasteiger partial charge in [0.1, 0.15) is 5.69 Å². The molecule has 0 unspecified atom stereocenters. The number of pyridine rings is 2. The molecule has 4 heteroatoms. The summed E-state index contributed by atoms with van der Waals surface area (Å²) in [4.78, 5) is 20.2. The van der Waals surface area contributed by atoms with Gasteiger partial charge in [0.15, 0.2) is 0 Å². The van der Waals surface area contributed by atoms with E-state index in [0.717, 1.165) is 50.0 Å². The minimum atomic E-state index is -1.01. The van der Waals surface area contributed by atoms with Crippen molar-refractivity contribution in [2.24, 2.45) is 0 Å². The van der Waals surface area contributed by atoms with Gasteiger partial charge in [-0.3, -0.25) is 4.98 Å². The maximum absolute atomic E-state index is 11.3. The quantitative estimate of drug-likeness (QED) is 0.211. The highest BCUT2D eigenvalue weighted by Crippen LogP contribution is 2.25. The van der Waals surface area contributed by atoms with Crippen LogP contribution in [0.25, 0.3) is 57.2 Å². The first-order chi connectivity index (χ1) is 20.3. The summed E-state index contributed by atoms with van der Waals surface area (Å²) in [5, 5.41) is 11.4. The summed E-state index contributed by atoms with van der Waals surface area (Å²) in [7, 11) is 0. The lowest BCUT2D eigenvalue weighted by Gasteiger charge is -2.06. The van der Waals surface area contributed by atoms with Crippen molar-refractivity contribution in [2.75, 3.05) is 0 Å². The summed E-state index contributed by atoms with van der Waals surface area (Å²) in [6, 6.07) is 33.1. The van der Waals surface area contributed by atoms with Gasteiger partial charge in [0.2, 0.25) is 0 Å². The van der Waals surface area contributed by atoms with Gasteiger partial charge in [-0.2, -0.15) is 0 Å². The molecule has 0 amide bonds. The van der Waals surface area contributed by atoms with Crippen molar-refractivity contribution < 1.29 is 9.90 Å². The summed E-state index contributed by atoms with van der Waals surface area (Å²) in [5.74, 6) is -1.01. The van der Waals surface area contributed by atoms with E-state index in [1.54, 1.807) is 6.07 Å². The number of nitrogens with zero attached hydrogens (tertiary/aromatic N) is 2. The molecular weight excluding hydrogens is 516 g/mol. The molecule has 0 aliphatic carbocycles. The van der Waals surface area contributed by atoms with Crippen LogP contribution in [-0.4, -0.2) is 21.0 Å². The Labute approximate surface area is 245 Å². The van der Waals surface area contributed by atoms with Crippen molar-refractivity contribution in [3.8, 4) is 11.1 Å². The Balaban J connectivity index is 1.14. The first-order valence-electron chi connectivity index (χ1n) is 13.9. The van der Waals surface area contributed by atoms with Crippen LogP contribution in [0.1, 0.15) is 49.6 Å². The van der Waals surface area contributed by atoms with Gasteiger partial charge >= 0.3 is 5.97 Å². The molecule has 1 N–H and O–H groups in total. The largest absolute Gasteiger partial charge is 0.477 e. The molecule has 42 heavy (non-hydrogen) atoms. The number of rotatable bonds is 6. The first kappa shape index (κ1) is 26.9. The highest BCUT2D eigenvalue weighted by atomic mass is 16.4. The number of carbonyl (C=O) groups is 1. The van der Waals surface area contributed by atoms with Crippen molar-refractivity contribution in [1.82, 2.24) is 9.97 Å². The Bertz CT molecular complexity index is 2020. The van der Waals surface area contributed by atoms with Gasteiger partial charge in [-0.15, -0.1) is 0 Å². The van der Waals surface area contributed by atoms with Crippen LogP contribution in [0.2, 0.25) is 0 Å². The predicted octanol–water partition coefficient (Wildman–Crippen LogP) is 9.41. The smallest absolute Gasteiger partial charge is 0.354 e. The van der Waals surface area contributed by atoms with E-state index >= 15 is 0 Å².